The number of anilines is 1. The van der Waals surface area contributed by atoms with Crippen LogP contribution in [0.3, 0.4) is 0 Å². The summed E-state index contributed by atoms with van der Waals surface area (Å²) in [5.41, 5.74) is -0.550. The van der Waals surface area contributed by atoms with Gasteiger partial charge >= 0.3 is 5.97 Å². The van der Waals surface area contributed by atoms with Gasteiger partial charge in [0.1, 0.15) is 11.9 Å². The van der Waals surface area contributed by atoms with Crippen molar-refractivity contribution in [2.75, 3.05) is 11.9 Å². The highest BCUT2D eigenvalue weighted by Gasteiger charge is 2.25. The van der Waals surface area contributed by atoms with E-state index in [2.05, 4.69) is 10.6 Å². The van der Waals surface area contributed by atoms with Gasteiger partial charge in [-0.2, -0.15) is 0 Å². The van der Waals surface area contributed by atoms with Crippen LogP contribution in [0.25, 0.3) is 0 Å². The molecule has 1 atom stereocenters. The van der Waals surface area contributed by atoms with Gasteiger partial charge in [0.15, 0.2) is 6.61 Å². The number of carbonyl (C=O) groups excluding carboxylic acids is 3. The van der Waals surface area contributed by atoms with Crippen molar-refractivity contribution in [2.45, 2.75) is 26.3 Å². The lowest BCUT2D eigenvalue weighted by atomic mass is 10.0. The summed E-state index contributed by atoms with van der Waals surface area (Å²) in [6, 6.07) is 7.67. The minimum Gasteiger partial charge on any atom is -0.454 e. The monoisotopic (exact) mass is 465 g/mol. The third-order valence-corrected chi connectivity index (χ3v) is 4.44. The first-order valence-electron chi connectivity index (χ1n) is 9.53. The predicted octanol–water partition coefficient (Wildman–Crippen LogP) is 3.71. The van der Waals surface area contributed by atoms with E-state index in [4.69, 9.17) is 16.3 Å². The van der Waals surface area contributed by atoms with Crippen LogP contribution in [-0.4, -0.2) is 35.4 Å². The van der Waals surface area contributed by atoms with Gasteiger partial charge in [-0.25, -0.2) is 9.18 Å². The van der Waals surface area contributed by atoms with E-state index in [-0.39, 0.29) is 17.9 Å². The van der Waals surface area contributed by atoms with Gasteiger partial charge in [0.2, 0.25) is 0 Å². The average Bonchev–Trinajstić information content (AvgIpc) is 2.73. The van der Waals surface area contributed by atoms with Gasteiger partial charge in [-0.15, -0.1) is 0 Å². The molecule has 0 fully saturated rings. The molecule has 0 spiro atoms. The largest absolute Gasteiger partial charge is 0.454 e. The van der Waals surface area contributed by atoms with Crippen molar-refractivity contribution in [1.29, 1.82) is 0 Å². The van der Waals surface area contributed by atoms with Crippen LogP contribution in [0.2, 0.25) is 5.02 Å². The zero-order valence-corrected chi connectivity index (χ0v) is 18.0. The number of nitrogens with zero attached hydrogens (tertiary/aromatic N) is 1. The molecule has 9 nitrogen and oxygen atoms in total. The number of non-ortho nitro benzene ring substituents is 1. The summed E-state index contributed by atoms with van der Waals surface area (Å²) >= 11 is 5.80. The number of hydrogen-bond donors (Lipinski definition) is 2. The fourth-order valence-electron chi connectivity index (χ4n) is 2.67. The summed E-state index contributed by atoms with van der Waals surface area (Å²) < 4.78 is 18.8. The molecule has 0 bridgehead atoms. The van der Waals surface area contributed by atoms with Gasteiger partial charge in [0.25, 0.3) is 17.5 Å². The maximum atomic E-state index is 13.8. The molecule has 11 heteroatoms. The van der Waals surface area contributed by atoms with Crippen molar-refractivity contribution in [3.8, 4) is 0 Å². The van der Waals surface area contributed by atoms with E-state index in [0.717, 1.165) is 18.2 Å². The molecule has 0 aromatic heterocycles. The van der Waals surface area contributed by atoms with E-state index in [0.29, 0.717) is 5.02 Å². The number of esters is 1. The second-order valence-electron chi connectivity index (χ2n) is 7.24. The fourth-order valence-corrected chi connectivity index (χ4v) is 2.80. The number of nitro benzene ring substituents is 1. The van der Waals surface area contributed by atoms with E-state index in [1.807, 2.05) is 13.8 Å². The fraction of sp³-hybridized carbons (Fsp3) is 0.286. The molecule has 2 N–H and O–H groups in total. The maximum absolute atomic E-state index is 13.8. The second kappa shape index (κ2) is 11.2. The Morgan fingerprint density at radius 1 is 1.16 bits per heavy atom. The van der Waals surface area contributed by atoms with E-state index >= 15 is 0 Å². The zero-order valence-electron chi connectivity index (χ0n) is 17.3. The van der Waals surface area contributed by atoms with Crippen LogP contribution >= 0.6 is 11.6 Å². The molecular weight excluding hydrogens is 445 g/mol. The highest BCUT2D eigenvalue weighted by atomic mass is 35.5. The summed E-state index contributed by atoms with van der Waals surface area (Å²) in [4.78, 5) is 47.0. The first-order chi connectivity index (χ1) is 15.1. The van der Waals surface area contributed by atoms with Crippen LogP contribution in [0.5, 0.6) is 0 Å². The first-order valence-corrected chi connectivity index (χ1v) is 9.91. The van der Waals surface area contributed by atoms with Crippen LogP contribution in [0.15, 0.2) is 42.5 Å². The molecule has 0 saturated heterocycles. The Hall–Kier alpha value is -3.53. The Morgan fingerprint density at radius 3 is 2.41 bits per heavy atom. The minimum absolute atomic E-state index is 0.0193. The van der Waals surface area contributed by atoms with Crippen molar-refractivity contribution >= 4 is 40.8 Å². The summed E-state index contributed by atoms with van der Waals surface area (Å²) in [5, 5.41) is 15.9. The molecule has 0 heterocycles. The van der Waals surface area contributed by atoms with Crippen molar-refractivity contribution < 1.29 is 28.4 Å². The average molecular weight is 466 g/mol. The number of nitrogens with one attached hydrogen (secondary N) is 2. The summed E-state index contributed by atoms with van der Waals surface area (Å²) in [7, 11) is 0. The highest BCUT2D eigenvalue weighted by molar-refractivity contribution is 6.30. The highest BCUT2D eigenvalue weighted by Crippen LogP contribution is 2.21. The van der Waals surface area contributed by atoms with Crippen LogP contribution in [0.1, 0.15) is 30.6 Å². The molecule has 0 aliphatic rings. The molecule has 0 aliphatic carbocycles. The summed E-state index contributed by atoms with van der Waals surface area (Å²) in [6.07, 6.45) is 0.249. The molecular formula is C21H21ClFN3O6. The number of amides is 2. The standard InChI is InChI=1S/C21H21ClFN3O6/c1-12(2)9-18(25-20(28)13-3-5-14(22)6-4-13)21(29)32-11-19(27)24-17-10-15(26(30)31)7-8-16(17)23/h3-8,10,12,18H,9,11H2,1-2H3,(H,24,27)(H,25,28). The van der Waals surface area contributed by atoms with E-state index in [1.165, 1.54) is 24.3 Å². The van der Waals surface area contributed by atoms with Crippen LogP contribution in [0.4, 0.5) is 15.8 Å². The number of rotatable bonds is 9. The van der Waals surface area contributed by atoms with Crippen LogP contribution in [-0.2, 0) is 14.3 Å². The minimum atomic E-state index is -1.03. The lowest BCUT2D eigenvalue weighted by Gasteiger charge is -2.19. The van der Waals surface area contributed by atoms with Gasteiger partial charge in [0.05, 0.1) is 10.6 Å². The third-order valence-electron chi connectivity index (χ3n) is 4.18. The van der Waals surface area contributed by atoms with Crippen molar-refractivity contribution in [3.63, 3.8) is 0 Å². The van der Waals surface area contributed by atoms with E-state index in [1.54, 1.807) is 0 Å². The van der Waals surface area contributed by atoms with E-state index < -0.39 is 52.5 Å². The Labute approximate surface area is 188 Å². The topological polar surface area (TPSA) is 128 Å². The Morgan fingerprint density at radius 2 is 1.81 bits per heavy atom. The number of carbonyl (C=O) groups is 3. The van der Waals surface area contributed by atoms with Crippen LogP contribution in [0, 0.1) is 21.8 Å². The normalized spacial score (nSPS) is 11.5. The van der Waals surface area contributed by atoms with Crippen LogP contribution < -0.4 is 10.6 Å². The van der Waals surface area contributed by atoms with Gasteiger partial charge in [-0.05, 0) is 42.7 Å². The molecule has 1 unspecified atom stereocenters. The maximum Gasteiger partial charge on any atom is 0.329 e. The molecule has 2 amide bonds. The molecule has 32 heavy (non-hydrogen) atoms. The zero-order chi connectivity index (χ0) is 23.8. The van der Waals surface area contributed by atoms with Crippen molar-refractivity contribution in [1.82, 2.24) is 5.32 Å². The van der Waals surface area contributed by atoms with Crippen molar-refractivity contribution in [2.24, 2.45) is 5.92 Å². The third kappa shape index (κ3) is 7.31. The summed E-state index contributed by atoms with van der Waals surface area (Å²) in [6.45, 7) is 2.91. The lowest BCUT2D eigenvalue weighted by Crippen LogP contribution is -2.43. The van der Waals surface area contributed by atoms with Gasteiger partial charge < -0.3 is 15.4 Å². The van der Waals surface area contributed by atoms with Crippen molar-refractivity contribution in [3.05, 3.63) is 69.0 Å². The first kappa shape index (κ1) is 24.7. The SMILES string of the molecule is CC(C)CC(NC(=O)c1ccc(Cl)cc1)C(=O)OCC(=O)Nc1cc([N+](=O)[O-])ccc1F. The van der Waals surface area contributed by atoms with E-state index in [9.17, 15) is 28.9 Å². The van der Waals surface area contributed by atoms with Gasteiger partial charge in [-0.1, -0.05) is 25.4 Å². The summed E-state index contributed by atoms with van der Waals surface area (Å²) in [5.74, 6) is -3.14. The Bertz CT molecular complexity index is 1010. The molecule has 2 aromatic rings. The molecule has 2 aromatic carbocycles. The number of nitro groups is 1. The molecule has 0 saturated carbocycles. The molecule has 0 radical (unpaired) electrons. The quantitative estimate of drug-likeness (QED) is 0.330. The number of ether oxygens (including phenoxy) is 1. The lowest BCUT2D eigenvalue weighted by molar-refractivity contribution is -0.384. The smallest absolute Gasteiger partial charge is 0.329 e. The van der Waals surface area contributed by atoms with Gasteiger partial charge in [0, 0.05) is 22.7 Å². The number of benzene rings is 2. The predicted molar refractivity (Wildman–Crippen MR) is 115 cm³/mol. The molecule has 2 rings (SSSR count). The number of hydrogen-bond acceptors (Lipinski definition) is 6. The molecule has 0 aliphatic heterocycles. The Balaban J connectivity index is 1.99. The molecule has 170 valence electrons. The second-order valence-corrected chi connectivity index (χ2v) is 7.68. The van der Waals surface area contributed by atoms with Gasteiger partial charge in [-0.3, -0.25) is 19.7 Å². The Kier molecular flexibility index (Phi) is 8.65. The number of halogens is 2.